The van der Waals surface area contributed by atoms with E-state index in [9.17, 15) is 10.2 Å². The highest BCUT2D eigenvalue weighted by Crippen LogP contribution is 2.65. The van der Waals surface area contributed by atoms with Gasteiger partial charge in [0.25, 0.3) is 0 Å². The Morgan fingerprint density at radius 1 is 0.744 bits per heavy atom. The van der Waals surface area contributed by atoms with Crippen LogP contribution in [0.4, 0.5) is 0 Å². The van der Waals surface area contributed by atoms with Crippen molar-refractivity contribution in [2.75, 3.05) is 21.3 Å². The SMILES string of the molecule is COc1ccc(/C=C/[C@@H]2c3c(OC)c(Br)c(O)c(Br)c3O[C@H]3c4c(OC)cc(O)c(Br)c4O[C@H](c4ccccc4)[C@@H]23)cc1. The van der Waals surface area contributed by atoms with Crippen LogP contribution in [0.3, 0.4) is 0 Å². The molecule has 2 aliphatic heterocycles. The summed E-state index contributed by atoms with van der Waals surface area (Å²) in [7, 11) is 4.74. The van der Waals surface area contributed by atoms with Crippen LogP contribution in [0.5, 0.6) is 40.2 Å². The molecule has 2 aliphatic rings. The van der Waals surface area contributed by atoms with Gasteiger partial charge in [0.2, 0.25) is 0 Å². The molecule has 0 aromatic heterocycles. The quantitative estimate of drug-likeness (QED) is 0.202. The van der Waals surface area contributed by atoms with Crippen LogP contribution < -0.4 is 23.7 Å². The lowest BCUT2D eigenvalue weighted by molar-refractivity contribution is -0.0118. The van der Waals surface area contributed by atoms with Crippen molar-refractivity contribution in [3.8, 4) is 40.2 Å². The standard InChI is InChI=1S/C33H27Br3O7/c1-39-18-12-9-16(10-13-18)11-14-19-22-29(17-7-5-4-6-8-17)42-33-24(21(40-2)15-20(37)25(33)34)30(22)43-32-23(19)31(41-3)26(35)28(38)27(32)36/h4-15,19,22,29-30,37-38H,1-3H3/b14-11+/t19-,22+,29+,30+/m0/s1. The van der Waals surface area contributed by atoms with Crippen LogP contribution in [0, 0.1) is 5.92 Å². The molecule has 0 fully saturated rings. The number of allylic oxidation sites excluding steroid dienone is 1. The van der Waals surface area contributed by atoms with Gasteiger partial charge in [-0.1, -0.05) is 54.6 Å². The van der Waals surface area contributed by atoms with E-state index in [2.05, 4.69) is 53.9 Å². The summed E-state index contributed by atoms with van der Waals surface area (Å²) in [5.41, 5.74) is 3.30. The fraction of sp³-hybridized carbons (Fsp3) is 0.212. The first kappa shape index (κ1) is 29.7. The summed E-state index contributed by atoms with van der Waals surface area (Å²) in [4.78, 5) is 0. The predicted octanol–water partition coefficient (Wildman–Crippen LogP) is 9.09. The summed E-state index contributed by atoms with van der Waals surface area (Å²) in [5, 5.41) is 21.8. The Morgan fingerprint density at radius 2 is 1.42 bits per heavy atom. The number of rotatable bonds is 6. The number of ether oxygens (including phenoxy) is 5. The van der Waals surface area contributed by atoms with Gasteiger partial charge >= 0.3 is 0 Å². The van der Waals surface area contributed by atoms with E-state index in [-0.39, 0.29) is 23.3 Å². The maximum Gasteiger partial charge on any atom is 0.151 e. The largest absolute Gasteiger partial charge is 0.506 e. The van der Waals surface area contributed by atoms with Crippen LogP contribution in [-0.4, -0.2) is 31.5 Å². The molecule has 0 radical (unpaired) electrons. The fourth-order valence-corrected chi connectivity index (χ4v) is 7.68. The van der Waals surface area contributed by atoms with Crippen molar-refractivity contribution in [1.82, 2.24) is 0 Å². The van der Waals surface area contributed by atoms with Gasteiger partial charge in [-0.05, 0) is 71.0 Å². The molecule has 0 bridgehead atoms. The number of hydrogen-bond donors (Lipinski definition) is 2. The third-order valence-corrected chi connectivity index (χ3v) is 10.1. The molecule has 0 saturated carbocycles. The van der Waals surface area contributed by atoms with Gasteiger partial charge in [0, 0.05) is 17.5 Å². The van der Waals surface area contributed by atoms with E-state index in [0.29, 0.717) is 42.0 Å². The molecule has 2 heterocycles. The normalized spacial score (nSPS) is 20.3. The van der Waals surface area contributed by atoms with Gasteiger partial charge < -0.3 is 33.9 Å². The van der Waals surface area contributed by atoms with Crippen molar-refractivity contribution in [3.63, 3.8) is 0 Å². The number of fused-ring (bicyclic) bond motifs is 4. The molecule has 0 unspecified atom stereocenters. The van der Waals surface area contributed by atoms with Gasteiger partial charge in [-0.25, -0.2) is 0 Å². The molecule has 7 nitrogen and oxygen atoms in total. The number of phenols is 2. The first-order valence-corrected chi connectivity index (χ1v) is 15.7. The Balaban J connectivity index is 1.65. The van der Waals surface area contributed by atoms with Crippen LogP contribution >= 0.6 is 47.8 Å². The highest BCUT2D eigenvalue weighted by Gasteiger charge is 2.52. The Hall–Kier alpha value is -3.34. The molecule has 222 valence electrons. The van der Waals surface area contributed by atoms with Crippen LogP contribution in [0.25, 0.3) is 6.08 Å². The van der Waals surface area contributed by atoms with Gasteiger partial charge in [-0.3, -0.25) is 0 Å². The minimum absolute atomic E-state index is 0.0163. The van der Waals surface area contributed by atoms with E-state index >= 15 is 0 Å². The maximum absolute atomic E-state index is 11.0. The summed E-state index contributed by atoms with van der Waals surface area (Å²) >= 11 is 10.7. The summed E-state index contributed by atoms with van der Waals surface area (Å²) in [6, 6.07) is 19.2. The molecule has 4 atom stereocenters. The molecule has 43 heavy (non-hydrogen) atoms. The number of aromatic hydroxyl groups is 2. The fourth-order valence-electron chi connectivity index (χ4n) is 5.91. The Labute approximate surface area is 274 Å². The minimum Gasteiger partial charge on any atom is -0.506 e. The number of hydrogen-bond acceptors (Lipinski definition) is 7. The van der Waals surface area contributed by atoms with Crippen molar-refractivity contribution < 1.29 is 33.9 Å². The highest BCUT2D eigenvalue weighted by molar-refractivity contribution is 9.11. The molecule has 0 spiro atoms. The molecule has 4 aromatic rings. The smallest absolute Gasteiger partial charge is 0.151 e. The van der Waals surface area contributed by atoms with Gasteiger partial charge in [-0.15, -0.1) is 0 Å². The molecule has 2 N–H and O–H groups in total. The van der Waals surface area contributed by atoms with Gasteiger partial charge in [0.15, 0.2) is 5.75 Å². The summed E-state index contributed by atoms with van der Waals surface area (Å²) in [6.45, 7) is 0. The second-order valence-corrected chi connectivity index (χ2v) is 12.5. The van der Waals surface area contributed by atoms with Crippen LogP contribution in [0.2, 0.25) is 0 Å². The van der Waals surface area contributed by atoms with E-state index in [0.717, 1.165) is 22.4 Å². The molecule has 4 aromatic carbocycles. The molecule has 0 amide bonds. The number of phenolic OH excluding ortho intramolecular Hbond substituents is 2. The number of benzene rings is 4. The third kappa shape index (κ3) is 5.03. The predicted molar refractivity (Wildman–Crippen MR) is 174 cm³/mol. The average molecular weight is 775 g/mol. The molecule has 0 saturated heterocycles. The van der Waals surface area contributed by atoms with E-state index in [4.69, 9.17) is 23.7 Å². The van der Waals surface area contributed by atoms with E-state index in [1.807, 2.05) is 60.7 Å². The van der Waals surface area contributed by atoms with Crippen molar-refractivity contribution in [2.24, 2.45) is 5.92 Å². The van der Waals surface area contributed by atoms with E-state index in [1.54, 1.807) is 27.4 Å². The lowest BCUT2D eigenvalue weighted by Crippen LogP contribution is -2.39. The third-order valence-electron chi connectivity index (χ3n) is 7.89. The summed E-state index contributed by atoms with van der Waals surface area (Å²) in [6.07, 6.45) is 3.05. The minimum atomic E-state index is -0.611. The topological polar surface area (TPSA) is 86.6 Å². The van der Waals surface area contributed by atoms with Crippen molar-refractivity contribution in [2.45, 2.75) is 18.1 Å². The van der Waals surface area contributed by atoms with E-state index < -0.39 is 12.2 Å². The van der Waals surface area contributed by atoms with Crippen molar-refractivity contribution in [3.05, 3.63) is 102 Å². The Bertz CT molecular complexity index is 1710. The van der Waals surface area contributed by atoms with Crippen LogP contribution in [-0.2, 0) is 0 Å². The molecule has 10 heteroatoms. The molecule has 0 aliphatic carbocycles. The molecular weight excluding hydrogens is 748 g/mol. The zero-order valence-corrected chi connectivity index (χ0v) is 28.1. The van der Waals surface area contributed by atoms with E-state index in [1.165, 1.54) is 0 Å². The van der Waals surface area contributed by atoms with Gasteiger partial charge in [0.05, 0.1) is 32.8 Å². The van der Waals surface area contributed by atoms with Gasteiger partial charge in [-0.2, -0.15) is 0 Å². The first-order chi connectivity index (χ1) is 20.8. The van der Waals surface area contributed by atoms with Crippen molar-refractivity contribution >= 4 is 53.9 Å². The van der Waals surface area contributed by atoms with Crippen molar-refractivity contribution in [1.29, 1.82) is 0 Å². The maximum atomic E-state index is 11.0. The zero-order valence-electron chi connectivity index (χ0n) is 23.3. The molecular formula is C33H27Br3O7. The second kappa shape index (κ2) is 12.0. The Kier molecular flexibility index (Phi) is 8.28. The zero-order chi connectivity index (χ0) is 30.4. The van der Waals surface area contributed by atoms with Gasteiger partial charge in [0.1, 0.15) is 60.1 Å². The average Bonchev–Trinajstić information content (AvgIpc) is 3.04. The lowest BCUT2D eigenvalue weighted by Gasteiger charge is -2.47. The second-order valence-electron chi connectivity index (χ2n) is 10.1. The number of methoxy groups -OCH3 is 3. The van der Waals surface area contributed by atoms with Crippen LogP contribution in [0.15, 0.2) is 80.2 Å². The summed E-state index contributed by atoms with van der Waals surface area (Å²) in [5.74, 6) is 1.77. The lowest BCUT2D eigenvalue weighted by atomic mass is 9.71. The highest BCUT2D eigenvalue weighted by atomic mass is 79.9. The van der Waals surface area contributed by atoms with Crippen LogP contribution in [0.1, 0.15) is 40.4 Å². The first-order valence-electron chi connectivity index (χ1n) is 13.4. The molecule has 6 rings (SSSR count). The Morgan fingerprint density at radius 3 is 2.07 bits per heavy atom. The monoisotopic (exact) mass is 772 g/mol. The number of halogens is 3. The summed E-state index contributed by atoms with van der Waals surface area (Å²) < 4.78 is 31.9.